The van der Waals surface area contributed by atoms with Crippen LogP contribution in [0.2, 0.25) is 0 Å². The molecule has 1 atom stereocenters. The summed E-state index contributed by atoms with van der Waals surface area (Å²) in [5.41, 5.74) is 3.89. The van der Waals surface area contributed by atoms with E-state index in [1.807, 2.05) is 17.0 Å². The topological polar surface area (TPSA) is 74.8 Å². The van der Waals surface area contributed by atoms with Gasteiger partial charge in [-0.25, -0.2) is 4.98 Å². The molecule has 1 aliphatic heterocycles. The van der Waals surface area contributed by atoms with Crippen LogP contribution in [0.1, 0.15) is 50.4 Å². The third kappa shape index (κ3) is 5.37. The highest BCUT2D eigenvalue weighted by Crippen LogP contribution is 2.40. The van der Waals surface area contributed by atoms with E-state index in [0.29, 0.717) is 29.5 Å². The summed E-state index contributed by atoms with van der Waals surface area (Å²) in [5, 5.41) is 3.45. The van der Waals surface area contributed by atoms with Crippen LogP contribution in [0, 0.1) is 0 Å². The summed E-state index contributed by atoms with van der Waals surface area (Å²) in [5.74, 6) is 0.374. The van der Waals surface area contributed by atoms with Crippen LogP contribution in [0.25, 0.3) is 0 Å². The first-order chi connectivity index (χ1) is 19.6. The van der Waals surface area contributed by atoms with E-state index in [9.17, 15) is 9.59 Å². The van der Waals surface area contributed by atoms with E-state index in [1.165, 1.54) is 22.5 Å². The predicted molar refractivity (Wildman–Crippen MR) is 157 cm³/mol. The summed E-state index contributed by atoms with van der Waals surface area (Å²) in [7, 11) is 1.59. The molecule has 1 N–H and O–H groups in total. The average Bonchev–Trinajstić information content (AvgIpc) is 3.59. The van der Waals surface area contributed by atoms with Gasteiger partial charge in [0.15, 0.2) is 5.13 Å². The number of benzene rings is 3. The number of thiazole rings is 1. The molecule has 1 saturated heterocycles. The molecule has 0 spiro atoms. The Morgan fingerprint density at radius 1 is 0.900 bits per heavy atom. The van der Waals surface area contributed by atoms with Crippen LogP contribution >= 0.6 is 11.3 Å². The molecule has 0 saturated carbocycles. The van der Waals surface area contributed by atoms with Gasteiger partial charge in [-0.1, -0.05) is 60.7 Å². The van der Waals surface area contributed by atoms with Gasteiger partial charge in [-0.15, -0.1) is 11.3 Å². The molecule has 6 rings (SSSR count). The molecule has 0 bridgehead atoms. The number of hydrogen-bond donors (Lipinski definition) is 1. The fraction of sp³-hybridized carbons (Fsp3) is 0.281. The molecule has 8 heteroatoms. The lowest BCUT2D eigenvalue weighted by molar-refractivity contribution is -0.134. The summed E-state index contributed by atoms with van der Waals surface area (Å²) in [6.45, 7) is 2.98. The smallest absolute Gasteiger partial charge is 0.257 e. The van der Waals surface area contributed by atoms with Crippen LogP contribution in [-0.4, -0.2) is 59.9 Å². The van der Waals surface area contributed by atoms with Gasteiger partial charge in [0, 0.05) is 36.6 Å². The molecule has 2 aliphatic rings. The number of carbonyl (C=O) groups is 2. The standard InChI is InChI=1S/C32H32N4O3S/c1-39-25-14-12-24(13-15-25)30(37)34-32-33-28-26(16-17-27(28)40-32)31(38)36-20-18-35(19-21-36)29(22-8-4-2-5-9-22)23-10-6-3-7-11-23/h2-15,26,29H,16-21H2,1H3,(H,33,34,37). The highest BCUT2D eigenvalue weighted by Gasteiger charge is 2.37. The molecule has 204 valence electrons. The maximum atomic E-state index is 13.7. The Kier molecular flexibility index (Phi) is 7.62. The van der Waals surface area contributed by atoms with E-state index in [4.69, 9.17) is 9.72 Å². The summed E-state index contributed by atoms with van der Waals surface area (Å²) < 4.78 is 5.17. The minimum Gasteiger partial charge on any atom is -0.497 e. The van der Waals surface area contributed by atoms with E-state index < -0.39 is 0 Å². The molecule has 1 fully saturated rings. The van der Waals surface area contributed by atoms with E-state index >= 15 is 0 Å². The van der Waals surface area contributed by atoms with Crippen molar-refractivity contribution in [3.05, 3.63) is 112 Å². The molecule has 1 aromatic heterocycles. The molecule has 0 radical (unpaired) electrons. The lowest BCUT2D eigenvalue weighted by Crippen LogP contribution is -2.50. The monoisotopic (exact) mass is 552 g/mol. The van der Waals surface area contributed by atoms with Gasteiger partial charge in [-0.05, 0) is 48.2 Å². The number of piperazine rings is 1. The lowest BCUT2D eigenvalue weighted by atomic mass is 9.96. The molecule has 2 heterocycles. The third-order valence-electron chi connectivity index (χ3n) is 7.81. The Labute approximate surface area is 238 Å². The number of rotatable bonds is 7. The summed E-state index contributed by atoms with van der Waals surface area (Å²) >= 11 is 1.47. The highest BCUT2D eigenvalue weighted by atomic mass is 32.1. The number of anilines is 1. The van der Waals surface area contributed by atoms with E-state index in [-0.39, 0.29) is 23.8 Å². The molecule has 1 unspecified atom stereocenters. The van der Waals surface area contributed by atoms with Gasteiger partial charge in [0.05, 0.1) is 24.8 Å². The Hall–Kier alpha value is -4.01. The van der Waals surface area contributed by atoms with Crippen molar-refractivity contribution in [3.8, 4) is 5.75 Å². The number of nitrogens with one attached hydrogen (secondary N) is 1. The van der Waals surface area contributed by atoms with Crippen LogP contribution in [0.15, 0.2) is 84.9 Å². The van der Waals surface area contributed by atoms with E-state index in [1.54, 1.807) is 31.4 Å². The zero-order valence-corrected chi connectivity index (χ0v) is 23.3. The highest BCUT2D eigenvalue weighted by molar-refractivity contribution is 7.16. The Balaban J connectivity index is 1.11. The van der Waals surface area contributed by atoms with Crippen LogP contribution < -0.4 is 10.1 Å². The van der Waals surface area contributed by atoms with Crippen LogP contribution in [0.3, 0.4) is 0 Å². The quantitative estimate of drug-likeness (QED) is 0.334. The van der Waals surface area contributed by atoms with Gasteiger partial charge in [-0.3, -0.25) is 19.8 Å². The van der Waals surface area contributed by atoms with E-state index in [0.717, 1.165) is 36.5 Å². The average molecular weight is 553 g/mol. The van der Waals surface area contributed by atoms with Gasteiger partial charge in [-0.2, -0.15) is 0 Å². The van der Waals surface area contributed by atoms with Gasteiger partial charge in [0.25, 0.3) is 5.91 Å². The minimum atomic E-state index is -0.247. The predicted octanol–water partition coefficient (Wildman–Crippen LogP) is 5.37. The zero-order valence-electron chi connectivity index (χ0n) is 22.5. The van der Waals surface area contributed by atoms with Crippen LogP contribution in [0.5, 0.6) is 5.75 Å². The second kappa shape index (κ2) is 11.6. The van der Waals surface area contributed by atoms with Crippen molar-refractivity contribution in [2.45, 2.75) is 24.8 Å². The summed E-state index contributed by atoms with van der Waals surface area (Å²) in [6, 6.07) is 28.3. The Morgan fingerprint density at radius 2 is 1.52 bits per heavy atom. The SMILES string of the molecule is COc1ccc(C(=O)Nc2nc3c(s2)CCC3C(=O)N2CCN(C(c3ccccc3)c3ccccc3)CC2)cc1. The lowest BCUT2D eigenvalue weighted by Gasteiger charge is -2.40. The minimum absolute atomic E-state index is 0.146. The van der Waals surface area contributed by atoms with Crippen molar-refractivity contribution >= 4 is 28.3 Å². The Bertz CT molecular complexity index is 1430. The number of nitrogens with zero attached hydrogens (tertiary/aromatic N) is 3. The number of amides is 2. The maximum absolute atomic E-state index is 13.7. The largest absolute Gasteiger partial charge is 0.497 e. The fourth-order valence-corrected chi connectivity index (χ4v) is 6.77. The van der Waals surface area contributed by atoms with E-state index in [2.05, 4.69) is 58.7 Å². The molecule has 40 heavy (non-hydrogen) atoms. The Morgan fingerprint density at radius 3 is 2.12 bits per heavy atom. The molecule has 1 aliphatic carbocycles. The zero-order chi connectivity index (χ0) is 27.5. The van der Waals surface area contributed by atoms with Crippen molar-refractivity contribution in [3.63, 3.8) is 0 Å². The van der Waals surface area contributed by atoms with Crippen LogP contribution in [-0.2, 0) is 11.2 Å². The number of carbonyl (C=O) groups excluding carboxylic acids is 2. The van der Waals surface area contributed by atoms with Crippen molar-refractivity contribution in [1.29, 1.82) is 0 Å². The van der Waals surface area contributed by atoms with Crippen molar-refractivity contribution in [2.75, 3.05) is 38.6 Å². The molecule has 7 nitrogen and oxygen atoms in total. The van der Waals surface area contributed by atoms with Crippen LogP contribution in [0.4, 0.5) is 5.13 Å². The van der Waals surface area contributed by atoms with Crippen molar-refractivity contribution in [1.82, 2.24) is 14.8 Å². The third-order valence-corrected chi connectivity index (χ3v) is 8.86. The second-order valence-electron chi connectivity index (χ2n) is 10.2. The number of aryl methyl sites for hydroxylation is 1. The first-order valence-electron chi connectivity index (χ1n) is 13.7. The van der Waals surface area contributed by atoms with Gasteiger partial charge < -0.3 is 9.64 Å². The van der Waals surface area contributed by atoms with Gasteiger partial charge in [0.2, 0.25) is 5.91 Å². The maximum Gasteiger partial charge on any atom is 0.257 e. The molecule has 4 aromatic rings. The number of methoxy groups -OCH3 is 1. The van der Waals surface area contributed by atoms with Crippen molar-refractivity contribution in [2.24, 2.45) is 0 Å². The summed E-state index contributed by atoms with van der Waals surface area (Å²) in [4.78, 5) is 36.7. The molecule has 2 amide bonds. The molecule has 3 aromatic carbocycles. The van der Waals surface area contributed by atoms with Gasteiger partial charge in [0.1, 0.15) is 5.75 Å². The number of hydrogen-bond acceptors (Lipinski definition) is 6. The second-order valence-corrected chi connectivity index (χ2v) is 11.3. The first kappa shape index (κ1) is 26.2. The molecular weight excluding hydrogens is 520 g/mol. The fourth-order valence-electron chi connectivity index (χ4n) is 5.74. The van der Waals surface area contributed by atoms with Crippen molar-refractivity contribution < 1.29 is 14.3 Å². The number of aromatic nitrogens is 1. The molecular formula is C32H32N4O3S. The van der Waals surface area contributed by atoms with Gasteiger partial charge >= 0.3 is 0 Å². The number of fused-ring (bicyclic) bond motifs is 1. The summed E-state index contributed by atoms with van der Waals surface area (Å²) in [6.07, 6.45) is 1.59. The number of ether oxygens (including phenoxy) is 1. The first-order valence-corrected chi connectivity index (χ1v) is 14.5. The normalized spacial score (nSPS) is 17.1.